The number of nitrogens with one attached hydrogen (secondary N) is 1. The molecular formula is C13H11FN4O. The number of carbonyl (C=O) groups is 1. The number of rotatable bonds is 2. The van der Waals surface area contributed by atoms with Crippen LogP contribution in [-0.4, -0.2) is 27.4 Å². The standard InChI is InChI=1S/C13H11FN4O/c1-18-9-12(16-17-18)13(19)15-8-4-6-10-5-2-3-7-11(10)14/h2-3,5,7,9H,8H2,1H3,(H,15,19). The van der Waals surface area contributed by atoms with Gasteiger partial charge in [-0.25, -0.2) is 4.39 Å². The first kappa shape index (κ1) is 12.8. The molecule has 96 valence electrons. The van der Waals surface area contributed by atoms with Gasteiger partial charge in [-0.05, 0) is 12.1 Å². The molecule has 2 rings (SSSR count). The van der Waals surface area contributed by atoms with Gasteiger partial charge in [-0.2, -0.15) is 0 Å². The Bertz CT molecular complexity index is 654. The van der Waals surface area contributed by atoms with Crippen LogP contribution in [0, 0.1) is 17.7 Å². The van der Waals surface area contributed by atoms with E-state index < -0.39 is 0 Å². The maximum Gasteiger partial charge on any atom is 0.274 e. The molecule has 1 aromatic carbocycles. The largest absolute Gasteiger partial charge is 0.340 e. The summed E-state index contributed by atoms with van der Waals surface area (Å²) >= 11 is 0. The number of aromatic nitrogens is 3. The van der Waals surface area contributed by atoms with Gasteiger partial charge >= 0.3 is 0 Å². The molecule has 1 aromatic heterocycles. The summed E-state index contributed by atoms with van der Waals surface area (Å²) in [4.78, 5) is 11.6. The van der Waals surface area contributed by atoms with Gasteiger partial charge in [0.25, 0.3) is 5.91 Å². The number of benzene rings is 1. The lowest BCUT2D eigenvalue weighted by Gasteiger charge is -1.95. The highest BCUT2D eigenvalue weighted by atomic mass is 19.1. The Balaban J connectivity index is 1.91. The van der Waals surface area contributed by atoms with E-state index in [2.05, 4.69) is 27.5 Å². The molecule has 6 heteroatoms. The molecule has 0 saturated heterocycles. The zero-order chi connectivity index (χ0) is 13.7. The van der Waals surface area contributed by atoms with Crippen molar-refractivity contribution >= 4 is 5.91 Å². The van der Waals surface area contributed by atoms with E-state index in [1.54, 1.807) is 25.2 Å². The van der Waals surface area contributed by atoms with Gasteiger partial charge in [-0.3, -0.25) is 9.48 Å². The first-order valence-corrected chi connectivity index (χ1v) is 5.55. The predicted molar refractivity (Wildman–Crippen MR) is 66.6 cm³/mol. The van der Waals surface area contributed by atoms with Crippen LogP contribution < -0.4 is 5.32 Å². The van der Waals surface area contributed by atoms with Crippen molar-refractivity contribution in [2.45, 2.75) is 0 Å². The zero-order valence-corrected chi connectivity index (χ0v) is 10.2. The molecule has 0 spiro atoms. The molecule has 1 heterocycles. The monoisotopic (exact) mass is 258 g/mol. The maximum absolute atomic E-state index is 13.2. The minimum absolute atomic E-state index is 0.115. The maximum atomic E-state index is 13.2. The van der Waals surface area contributed by atoms with E-state index >= 15 is 0 Å². The van der Waals surface area contributed by atoms with Crippen molar-refractivity contribution in [2.24, 2.45) is 7.05 Å². The second kappa shape index (κ2) is 5.78. The van der Waals surface area contributed by atoms with Crippen molar-refractivity contribution in [1.29, 1.82) is 0 Å². The summed E-state index contributed by atoms with van der Waals surface area (Å²) in [5.41, 5.74) is 0.520. The third kappa shape index (κ3) is 3.39. The second-order valence-corrected chi connectivity index (χ2v) is 3.74. The van der Waals surface area contributed by atoms with Crippen LogP contribution in [0.4, 0.5) is 4.39 Å². The van der Waals surface area contributed by atoms with E-state index in [9.17, 15) is 9.18 Å². The van der Waals surface area contributed by atoms with Crippen LogP contribution in [0.3, 0.4) is 0 Å². The van der Waals surface area contributed by atoms with Crippen LogP contribution in [0.2, 0.25) is 0 Å². The molecule has 0 bridgehead atoms. The third-order valence-corrected chi connectivity index (χ3v) is 2.27. The Kier molecular flexibility index (Phi) is 3.88. The van der Waals surface area contributed by atoms with Crippen molar-refractivity contribution in [2.75, 3.05) is 6.54 Å². The van der Waals surface area contributed by atoms with Crippen molar-refractivity contribution in [3.63, 3.8) is 0 Å². The van der Waals surface area contributed by atoms with Crippen LogP contribution in [0.25, 0.3) is 0 Å². The van der Waals surface area contributed by atoms with E-state index in [4.69, 9.17) is 0 Å². The highest BCUT2D eigenvalue weighted by molar-refractivity contribution is 5.91. The molecular weight excluding hydrogens is 247 g/mol. The second-order valence-electron chi connectivity index (χ2n) is 3.74. The number of carbonyl (C=O) groups excluding carboxylic acids is 1. The van der Waals surface area contributed by atoms with Crippen molar-refractivity contribution in [3.8, 4) is 11.8 Å². The van der Waals surface area contributed by atoms with Gasteiger partial charge in [0.05, 0.1) is 18.3 Å². The molecule has 0 aliphatic rings. The fourth-order valence-corrected chi connectivity index (χ4v) is 1.37. The lowest BCUT2D eigenvalue weighted by atomic mass is 10.2. The molecule has 5 nitrogen and oxygen atoms in total. The van der Waals surface area contributed by atoms with E-state index in [-0.39, 0.29) is 24.0 Å². The van der Waals surface area contributed by atoms with Gasteiger partial charge in [-0.1, -0.05) is 29.2 Å². The number of amides is 1. The minimum atomic E-state index is -0.379. The van der Waals surface area contributed by atoms with Crippen LogP contribution >= 0.6 is 0 Å². The van der Waals surface area contributed by atoms with Crippen molar-refractivity contribution in [3.05, 3.63) is 47.5 Å². The van der Waals surface area contributed by atoms with Gasteiger partial charge in [0.1, 0.15) is 5.82 Å². The molecule has 19 heavy (non-hydrogen) atoms. The summed E-state index contributed by atoms with van der Waals surface area (Å²) in [5.74, 6) is 4.57. The quantitative estimate of drug-likeness (QED) is 0.808. The molecule has 0 aliphatic carbocycles. The molecule has 0 atom stereocenters. The highest BCUT2D eigenvalue weighted by Gasteiger charge is 2.07. The fraction of sp³-hybridized carbons (Fsp3) is 0.154. The van der Waals surface area contributed by atoms with Crippen LogP contribution in [0.1, 0.15) is 16.1 Å². The highest BCUT2D eigenvalue weighted by Crippen LogP contribution is 2.03. The Morgan fingerprint density at radius 3 is 2.95 bits per heavy atom. The van der Waals surface area contributed by atoms with E-state index in [1.165, 1.54) is 16.9 Å². The summed E-state index contributed by atoms with van der Waals surface area (Å²) in [6.45, 7) is 0.115. The molecule has 0 fully saturated rings. The molecule has 1 N–H and O–H groups in total. The number of halogens is 1. The van der Waals surface area contributed by atoms with E-state index in [1.807, 2.05) is 0 Å². The van der Waals surface area contributed by atoms with Gasteiger partial charge in [0.15, 0.2) is 5.69 Å². The van der Waals surface area contributed by atoms with Crippen LogP contribution in [-0.2, 0) is 7.05 Å². The number of aryl methyl sites for hydroxylation is 1. The molecule has 0 aliphatic heterocycles. The molecule has 2 aromatic rings. The summed E-state index contributed by atoms with van der Waals surface area (Å²) in [5, 5.41) is 9.86. The smallest absolute Gasteiger partial charge is 0.274 e. The zero-order valence-electron chi connectivity index (χ0n) is 10.2. The van der Waals surface area contributed by atoms with Crippen molar-refractivity contribution in [1.82, 2.24) is 20.3 Å². The summed E-state index contributed by atoms with van der Waals surface area (Å²) in [6, 6.07) is 6.20. The third-order valence-electron chi connectivity index (χ3n) is 2.27. The van der Waals surface area contributed by atoms with Crippen LogP contribution in [0.5, 0.6) is 0 Å². The SMILES string of the molecule is Cn1cc(C(=O)NCC#Cc2ccccc2F)nn1. The fourth-order valence-electron chi connectivity index (χ4n) is 1.37. The first-order valence-electron chi connectivity index (χ1n) is 5.55. The molecule has 0 unspecified atom stereocenters. The normalized spacial score (nSPS) is 9.58. The first-order chi connectivity index (χ1) is 9.16. The lowest BCUT2D eigenvalue weighted by Crippen LogP contribution is -2.23. The summed E-state index contributed by atoms with van der Waals surface area (Å²) in [7, 11) is 1.67. The van der Waals surface area contributed by atoms with Gasteiger partial charge in [0.2, 0.25) is 0 Å². The number of nitrogens with zero attached hydrogens (tertiary/aromatic N) is 3. The Hall–Kier alpha value is -2.68. The Morgan fingerprint density at radius 2 is 2.26 bits per heavy atom. The molecule has 1 amide bonds. The van der Waals surface area contributed by atoms with Crippen LogP contribution in [0.15, 0.2) is 30.5 Å². The minimum Gasteiger partial charge on any atom is -0.340 e. The van der Waals surface area contributed by atoms with Gasteiger partial charge in [0, 0.05) is 7.05 Å². The molecule has 0 radical (unpaired) electrons. The lowest BCUT2D eigenvalue weighted by molar-refractivity contribution is 0.0953. The topological polar surface area (TPSA) is 59.8 Å². The predicted octanol–water partition coefficient (Wildman–Crippen LogP) is 0.736. The van der Waals surface area contributed by atoms with Gasteiger partial charge in [-0.15, -0.1) is 5.10 Å². The van der Waals surface area contributed by atoms with Crippen molar-refractivity contribution < 1.29 is 9.18 Å². The average molecular weight is 258 g/mol. The Labute approximate surface area is 109 Å². The van der Waals surface area contributed by atoms with E-state index in [0.29, 0.717) is 5.56 Å². The number of hydrogen-bond acceptors (Lipinski definition) is 3. The summed E-state index contributed by atoms with van der Waals surface area (Å²) in [6.07, 6.45) is 1.50. The number of hydrogen-bond donors (Lipinski definition) is 1. The van der Waals surface area contributed by atoms with E-state index in [0.717, 1.165) is 0 Å². The summed E-state index contributed by atoms with van der Waals surface area (Å²) < 4.78 is 14.7. The average Bonchev–Trinajstić information content (AvgIpc) is 2.83. The molecule has 0 saturated carbocycles. The Morgan fingerprint density at radius 1 is 1.47 bits per heavy atom. The van der Waals surface area contributed by atoms with Gasteiger partial charge < -0.3 is 5.32 Å².